The number of hydrogen-bond acceptors (Lipinski definition) is 0. The summed E-state index contributed by atoms with van der Waals surface area (Å²) < 4.78 is 0. The highest BCUT2D eigenvalue weighted by Gasteiger charge is 2.59. The van der Waals surface area contributed by atoms with Crippen molar-refractivity contribution in [2.45, 2.75) is 32.2 Å². The maximum absolute atomic E-state index is 3.80. The zero-order chi connectivity index (χ0) is 10.0. The van der Waals surface area contributed by atoms with Crippen LogP contribution in [0.25, 0.3) is 0 Å². The minimum atomic E-state index is 0.725. The molecule has 0 aromatic carbocycles. The first kappa shape index (κ1) is 11.0. The normalized spacial score (nSPS) is 66.0. The highest BCUT2D eigenvalue weighted by atomic mass is 79.9. The van der Waals surface area contributed by atoms with Crippen LogP contribution in [0, 0.1) is 23.7 Å². The van der Waals surface area contributed by atoms with Crippen molar-refractivity contribution >= 4 is 63.7 Å². The van der Waals surface area contributed by atoms with Crippen molar-refractivity contribution in [1.29, 1.82) is 0 Å². The molecular formula is C10H12Br4. The van der Waals surface area contributed by atoms with E-state index in [9.17, 15) is 0 Å². The standard InChI is InChI=1S/C10H12Br4/c11-7-3-1-4-6(10(14)8(4)12)2-5(3)9(7)13/h3-10H,1-2H2/t3?,4?,5?,6?,7-,8-,9-,10-/m1/s1. The van der Waals surface area contributed by atoms with Gasteiger partial charge in [0.25, 0.3) is 0 Å². The van der Waals surface area contributed by atoms with Crippen LogP contribution < -0.4 is 0 Å². The Balaban J connectivity index is 1.74. The van der Waals surface area contributed by atoms with Crippen LogP contribution in [0.3, 0.4) is 0 Å². The van der Waals surface area contributed by atoms with Gasteiger partial charge in [-0.3, -0.25) is 0 Å². The van der Waals surface area contributed by atoms with Gasteiger partial charge in [-0.1, -0.05) is 63.7 Å². The highest BCUT2D eigenvalue weighted by Crippen LogP contribution is 2.62. The molecule has 4 heteroatoms. The molecule has 3 fully saturated rings. The van der Waals surface area contributed by atoms with Gasteiger partial charge in [0.1, 0.15) is 0 Å². The molecule has 0 nitrogen and oxygen atoms in total. The van der Waals surface area contributed by atoms with Crippen LogP contribution in [-0.4, -0.2) is 19.3 Å². The molecule has 0 bridgehead atoms. The molecule has 0 amide bonds. The summed E-state index contributed by atoms with van der Waals surface area (Å²) in [5.74, 6) is 3.72. The summed E-state index contributed by atoms with van der Waals surface area (Å²) in [7, 11) is 0. The lowest BCUT2D eigenvalue weighted by molar-refractivity contribution is 0.0111. The third kappa shape index (κ3) is 1.32. The summed E-state index contributed by atoms with van der Waals surface area (Å²) in [6, 6.07) is 0. The predicted molar refractivity (Wildman–Crippen MR) is 74.1 cm³/mol. The van der Waals surface area contributed by atoms with Gasteiger partial charge < -0.3 is 0 Å². The van der Waals surface area contributed by atoms with Crippen LogP contribution in [0.4, 0.5) is 0 Å². The molecule has 0 aromatic heterocycles. The molecule has 0 heterocycles. The fraction of sp³-hybridized carbons (Fsp3) is 1.00. The Morgan fingerprint density at radius 2 is 0.714 bits per heavy atom. The average molecular weight is 452 g/mol. The van der Waals surface area contributed by atoms with E-state index in [-0.39, 0.29) is 0 Å². The van der Waals surface area contributed by atoms with Gasteiger partial charge in [-0.05, 0) is 36.5 Å². The monoisotopic (exact) mass is 448 g/mol. The Morgan fingerprint density at radius 1 is 0.500 bits per heavy atom. The first-order valence-corrected chi connectivity index (χ1v) is 8.84. The van der Waals surface area contributed by atoms with E-state index in [1.165, 1.54) is 12.8 Å². The number of hydrogen-bond donors (Lipinski definition) is 0. The van der Waals surface area contributed by atoms with Crippen molar-refractivity contribution in [2.24, 2.45) is 23.7 Å². The molecule has 4 unspecified atom stereocenters. The highest BCUT2D eigenvalue weighted by molar-refractivity contribution is 9.12. The second-order valence-electron chi connectivity index (χ2n) is 4.90. The van der Waals surface area contributed by atoms with E-state index in [0.717, 1.165) is 43.0 Å². The molecule has 0 aromatic rings. The lowest BCUT2D eigenvalue weighted by atomic mass is 9.53. The number of halogens is 4. The number of alkyl halides is 4. The van der Waals surface area contributed by atoms with Crippen LogP contribution in [-0.2, 0) is 0 Å². The van der Waals surface area contributed by atoms with Gasteiger partial charge in [-0.2, -0.15) is 0 Å². The number of rotatable bonds is 0. The van der Waals surface area contributed by atoms with Crippen molar-refractivity contribution in [2.75, 3.05) is 0 Å². The molecule has 14 heavy (non-hydrogen) atoms. The Hall–Kier alpha value is 1.92. The van der Waals surface area contributed by atoms with E-state index in [1.807, 2.05) is 0 Å². The van der Waals surface area contributed by atoms with Gasteiger partial charge in [0, 0.05) is 19.3 Å². The topological polar surface area (TPSA) is 0 Å². The summed E-state index contributed by atoms with van der Waals surface area (Å²) in [5, 5.41) is 0. The third-order valence-corrected chi connectivity index (χ3v) is 10.8. The van der Waals surface area contributed by atoms with Crippen LogP contribution in [0.5, 0.6) is 0 Å². The molecule has 0 aliphatic heterocycles. The Morgan fingerprint density at radius 3 is 0.929 bits per heavy atom. The van der Waals surface area contributed by atoms with Crippen LogP contribution in [0.15, 0.2) is 0 Å². The molecule has 0 N–H and O–H groups in total. The van der Waals surface area contributed by atoms with Crippen molar-refractivity contribution < 1.29 is 0 Å². The second-order valence-corrected chi connectivity index (χ2v) is 9.13. The molecule has 8 atom stereocenters. The smallest absolute Gasteiger partial charge is 0.0305 e. The van der Waals surface area contributed by atoms with E-state index in [2.05, 4.69) is 63.7 Å². The van der Waals surface area contributed by atoms with E-state index < -0.39 is 0 Å². The fourth-order valence-corrected chi connectivity index (χ4v) is 7.45. The van der Waals surface area contributed by atoms with Crippen molar-refractivity contribution in [1.82, 2.24) is 0 Å². The molecule has 0 saturated heterocycles. The summed E-state index contributed by atoms with van der Waals surface area (Å²) in [5.41, 5.74) is 0. The van der Waals surface area contributed by atoms with Gasteiger partial charge >= 0.3 is 0 Å². The number of fused-ring (bicyclic) bond motifs is 2. The third-order valence-electron chi connectivity index (χ3n) is 4.43. The van der Waals surface area contributed by atoms with Crippen LogP contribution in [0.1, 0.15) is 12.8 Å². The Bertz CT molecular complexity index is 207. The van der Waals surface area contributed by atoms with Gasteiger partial charge in [-0.15, -0.1) is 0 Å². The average Bonchev–Trinajstić information content (AvgIpc) is 2.24. The largest absolute Gasteiger partial charge is 0.0875 e. The van der Waals surface area contributed by atoms with E-state index in [0.29, 0.717) is 0 Å². The van der Waals surface area contributed by atoms with Gasteiger partial charge in [-0.25, -0.2) is 0 Å². The molecule has 3 rings (SSSR count). The lowest BCUT2D eigenvalue weighted by Gasteiger charge is -2.61. The summed E-state index contributed by atoms with van der Waals surface area (Å²) in [4.78, 5) is 2.90. The summed E-state index contributed by atoms with van der Waals surface area (Å²) in [6.45, 7) is 0. The van der Waals surface area contributed by atoms with Crippen molar-refractivity contribution in [3.05, 3.63) is 0 Å². The van der Waals surface area contributed by atoms with E-state index >= 15 is 0 Å². The quantitative estimate of drug-likeness (QED) is 0.481. The minimum Gasteiger partial charge on any atom is -0.0875 e. The van der Waals surface area contributed by atoms with Gasteiger partial charge in [0.15, 0.2) is 0 Å². The van der Waals surface area contributed by atoms with Gasteiger partial charge in [0.2, 0.25) is 0 Å². The van der Waals surface area contributed by atoms with Crippen molar-refractivity contribution in [3.63, 3.8) is 0 Å². The first-order chi connectivity index (χ1) is 6.61. The minimum absolute atomic E-state index is 0.725. The second kappa shape index (κ2) is 3.71. The molecule has 80 valence electrons. The Kier molecular flexibility index (Phi) is 2.92. The molecular weight excluding hydrogens is 440 g/mol. The molecule has 3 aliphatic carbocycles. The zero-order valence-electron chi connectivity index (χ0n) is 7.54. The van der Waals surface area contributed by atoms with Crippen LogP contribution in [0.2, 0.25) is 0 Å². The molecule has 3 saturated carbocycles. The summed E-state index contributed by atoms with van der Waals surface area (Å²) >= 11 is 15.2. The first-order valence-electron chi connectivity index (χ1n) is 5.17. The maximum atomic E-state index is 3.80. The van der Waals surface area contributed by atoms with Crippen LogP contribution >= 0.6 is 63.7 Å². The SMILES string of the molecule is Br[C@@H]1C2CC3C(CC2[C@H]1Br)[C@@H](Br)[C@@H]3Br. The molecule has 0 radical (unpaired) electrons. The fourth-order valence-electron chi connectivity index (χ4n) is 3.45. The summed E-state index contributed by atoms with van der Waals surface area (Å²) in [6.07, 6.45) is 2.84. The van der Waals surface area contributed by atoms with E-state index in [4.69, 9.17) is 0 Å². The van der Waals surface area contributed by atoms with Gasteiger partial charge in [0.05, 0.1) is 0 Å². The predicted octanol–water partition coefficient (Wildman–Crippen LogP) is 4.33. The molecule has 3 aliphatic rings. The molecule has 0 spiro atoms. The Labute approximate surface area is 118 Å². The maximum Gasteiger partial charge on any atom is 0.0305 e. The zero-order valence-corrected chi connectivity index (χ0v) is 13.9. The van der Waals surface area contributed by atoms with E-state index in [1.54, 1.807) is 0 Å². The lowest BCUT2D eigenvalue weighted by Crippen LogP contribution is -2.61. The van der Waals surface area contributed by atoms with Crippen molar-refractivity contribution in [3.8, 4) is 0 Å².